The number of nitrogens with one attached hydrogen (secondary N) is 1. The fraction of sp³-hybridized carbons (Fsp3) is 0.154. The third-order valence-electron chi connectivity index (χ3n) is 2.54. The molecule has 1 aromatic carbocycles. The minimum absolute atomic E-state index is 0.344. The fourth-order valence-electron chi connectivity index (χ4n) is 1.60. The van der Waals surface area contributed by atoms with E-state index in [2.05, 4.69) is 5.43 Å². The number of aryl methyl sites for hydroxylation is 1. The van der Waals surface area contributed by atoms with Gasteiger partial charge in [0.15, 0.2) is 0 Å². The Labute approximate surface area is 120 Å². The van der Waals surface area contributed by atoms with Crippen LogP contribution in [0.4, 0.5) is 0 Å². The molecule has 19 heavy (non-hydrogen) atoms. The number of hydrogen-bond donors (Lipinski definition) is 2. The van der Waals surface area contributed by atoms with Crippen molar-refractivity contribution in [1.82, 2.24) is 5.43 Å². The molecule has 1 aromatic heterocycles. The number of amides is 1. The summed E-state index contributed by atoms with van der Waals surface area (Å²) in [4.78, 5) is 12.5. The molecule has 3 N–H and O–H groups in total. The van der Waals surface area contributed by atoms with E-state index >= 15 is 0 Å². The van der Waals surface area contributed by atoms with Gasteiger partial charge in [-0.3, -0.25) is 10.2 Å². The number of furan rings is 1. The van der Waals surface area contributed by atoms with Gasteiger partial charge >= 0.3 is 0 Å². The lowest BCUT2D eigenvalue weighted by Gasteiger charge is -1.99. The van der Waals surface area contributed by atoms with Gasteiger partial charge in [-0.05, 0) is 37.3 Å². The van der Waals surface area contributed by atoms with Crippen LogP contribution in [-0.4, -0.2) is 5.91 Å². The van der Waals surface area contributed by atoms with Crippen molar-refractivity contribution in [2.75, 3.05) is 0 Å². The van der Waals surface area contributed by atoms with E-state index in [1.807, 2.05) is 24.3 Å². The number of halogens is 1. The predicted octanol–water partition coefficient (Wildman–Crippen LogP) is 3.14. The summed E-state index contributed by atoms with van der Waals surface area (Å²) in [5, 5.41) is 0.708. The van der Waals surface area contributed by atoms with Crippen molar-refractivity contribution in [1.29, 1.82) is 0 Å². The Bertz CT molecular complexity index is 581. The Kier molecular flexibility index (Phi) is 4.52. The van der Waals surface area contributed by atoms with Gasteiger partial charge in [-0.1, -0.05) is 11.6 Å². The Morgan fingerprint density at radius 2 is 2.11 bits per heavy atom. The maximum Gasteiger partial charge on any atom is 0.268 e. The Hall–Kier alpha value is -1.43. The molecule has 2 rings (SSSR count). The average molecular weight is 297 g/mol. The molecule has 2 aromatic rings. The number of carbonyl (C=O) groups is 1. The number of nitrogens with two attached hydrogens (primary N) is 1. The first-order chi connectivity index (χ1) is 9.10. The van der Waals surface area contributed by atoms with Crippen LogP contribution in [0.1, 0.15) is 21.9 Å². The van der Waals surface area contributed by atoms with Crippen molar-refractivity contribution in [3.05, 3.63) is 52.4 Å². The van der Waals surface area contributed by atoms with E-state index in [0.29, 0.717) is 22.1 Å². The van der Waals surface area contributed by atoms with Gasteiger partial charge < -0.3 is 4.42 Å². The zero-order valence-electron chi connectivity index (χ0n) is 10.3. The second kappa shape index (κ2) is 6.14. The summed E-state index contributed by atoms with van der Waals surface area (Å²) in [7, 11) is 0. The molecule has 0 unspecified atom stereocenters. The summed E-state index contributed by atoms with van der Waals surface area (Å²) >= 11 is 7.43. The molecule has 0 radical (unpaired) electrons. The molecule has 1 amide bonds. The molecule has 1 heterocycles. The number of hydrazine groups is 1. The van der Waals surface area contributed by atoms with Crippen molar-refractivity contribution < 1.29 is 9.21 Å². The topological polar surface area (TPSA) is 68.3 Å². The van der Waals surface area contributed by atoms with Crippen LogP contribution in [0.2, 0.25) is 5.02 Å². The molecule has 100 valence electrons. The highest BCUT2D eigenvalue weighted by Gasteiger charge is 2.13. The minimum Gasteiger partial charge on any atom is -0.465 e. The number of nitrogen functional groups attached to an aromatic ring is 1. The number of thioether (sulfide) groups is 1. The van der Waals surface area contributed by atoms with E-state index in [0.717, 1.165) is 10.7 Å². The first-order valence-electron chi connectivity index (χ1n) is 5.59. The number of rotatable bonds is 4. The van der Waals surface area contributed by atoms with Crippen molar-refractivity contribution >= 4 is 29.3 Å². The van der Waals surface area contributed by atoms with E-state index in [1.165, 1.54) is 0 Å². The van der Waals surface area contributed by atoms with E-state index in [4.69, 9.17) is 21.9 Å². The van der Waals surface area contributed by atoms with Gasteiger partial charge in [-0.2, -0.15) is 0 Å². The molecule has 6 heteroatoms. The Morgan fingerprint density at radius 1 is 1.42 bits per heavy atom. The molecule has 0 spiro atoms. The van der Waals surface area contributed by atoms with Gasteiger partial charge in [0.25, 0.3) is 5.91 Å². The van der Waals surface area contributed by atoms with Crippen LogP contribution in [0, 0.1) is 6.92 Å². The van der Waals surface area contributed by atoms with Crippen LogP contribution in [-0.2, 0) is 5.75 Å². The number of benzene rings is 1. The summed E-state index contributed by atoms with van der Waals surface area (Å²) in [5.74, 6) is 6.70. The van der Waals surface area contributed by atoms with Gasteiger partial charge in [-0.15, -0.1) is 11.8 Å². The lowest BCUT2D eigenvalue weighted by molar-refractivity contribution is 0.0952. The second-order valence-electron chi connectivity index (χ2n) is 3.90. The first kappa shape index (κ1) is 14.0. The molecule has 0 atom stereocenters. The van der Waals surface area contributed by atoms with Crippen LogP contribution in [0.25, 0.3) is 0 Å². The summed E-state index contributed by atoms with van der Waals surface area (Å²) in [6.45, 7) is 1.74. The fourth-order valence-corrected chi connectivity index (χ4v) is 2.51. The Morgan fingerprint density at radius 3 is 2.74 bits per heavy atom. The van der Waals surface area contributed by atoms with Crippen LogP contribution in [0.3, 0.4) is 0 Å². The highest BCUT2D eigenvalue weighted by atomic mass is 35.5. The van der Waals surface area contributed by atoms with Crippen LogP contribution in [0.15, 0.2) is 39.6 Å². The van der Waals surface area contributed by atoms with Crippen molar-refractivity contribution in [2.45, 2.75) is 17.6 Å². The summed E-state index contributed by atoms with van der Waals surface area (Å²) in [6, 6.07) is 9.27. The summed E-state index contributed by atoms with van der Waals surface area (Å²) in [6.07, 6.45) is 0. The van der Waals surface area contributed by atoms with Gasteiger partial charge in [0.05, 0.1) is 11.3 Å². The predicted molar refractivity (Wildman–Crippen MR) is 76.1 cm³/mol. The molecule has 0 bridgehead atoms. The van der Waals surface area contributed by atoms with Gasteiger partial charge in [0, 0.05) is 9.92 Å². The lowest BCUT2D eigenvalue weighted by Crippen LogP contribution is -2.30. The summed E-state index contributed by atoms with van der Waals surface area (Å²) < 4.78 is 5.52. The zero-order chi connectivity index (χ0) is 13.8. The van der Waals surface area contributed by atoms with E-state index < -0.39 is 0 Å². The standard InChI is InChI=1S/C13H13ClN2O2S/c1-8-12(13(17)16-15)6-10(18-8)7-19-11-4-2-9(14)3-5-11/h2-6H,7,15H2,1H3,(H,16,17). The molecule has 4 nitrogen and oxygen atoms in total. The monoisotopic (exact) mass is 296 g/mol. The molecule has 0 aliphatic rings. The summed E-state index contributed by atoms with van der Waals surface area (Å²) in [5.41, 5.74) is 2.56. The molecule has 0 fully saturated rings. The minimum atomic E-state index is -0.344. The largest absolute Gasteiger partial charge is 0.465 e. The third kappa shape index (κ3) is 3.53. The molecule has 0 aliphatic carbocycles. The first-order valence-corrected chi connectivity index (χ1v) is 6.95. The van der Waals surface area contributed by atoms with Crippen LogP contribution >= 0.6 is 23.4 Å². The van der Waals surface area contributed by atoms with Crippen LogP contribution in [0.5, 0.6) is 0 Å². The lowest BCUT2D eigenvalue weighted by atomic mass is 10.2. The third-order valence-corrected chi connectivity index (χ3v) is 3.83. The SMILES string of the molecule is Cc1oc(CSc2ccc(Cl)cc2)cc1C(=O)NN. The highest BCUT2D eigenvalue weighted by molar-refractivity contribution is 7.98. The van der Waals surface area contributed by atoms with Gasteiger partial charge in [0.1, 0.15) is 11.5 Å². The van der Waals surface area contributed by atoms with Crippen LogP contribution < -0.4 is 11.3 Å². The van der Waals surface area contributed by atoms with E-state index in [-0.39, 0.29) is 5.91 Å². The van der Waals surface area contributed by atoms with Gasteiger partial charge in [-0.25, -0.2) is 5.84 Å². The zero-order valence-corrected chi connectivity index (χ0v) is 11.8. The van der Waals surface area contributed by atoms with Crippen molar-refractivity contribution in [3.8, 4) is 0 Å². The molecule has 0 saturated carbocycles. The molecular weight excluding hydrogens is 284 g/mol. The Balaban J connectivity index is 2.04. The average Bonchev–Trinajstić information content (AvgIpc) is 2.78. The van der Waals surface area contributed by atoms with Crippen molar-refractivity contribution in [3.63, 3.8) is 0 Å². The smallest absolute Gasteiger partial charge is 0.268 e. The highest BCUT2D eigenvalue weighted by Crippen LogP contribution is 2.26. The van der Waals surface area contributed by atoms with Crippen molar-refractivity contribution in [2.24, 2.45) is 5.84 Å². The molecule has 0 saturated heterocycles. The molecule has 0 aliphatic heterocycles. The van der Waals surface area contributed by atoms with E-state index in [1.54, 1.807) is 24.8 Å². The number of hydrogen-bond acceptors (Lipinski definition) is 4. The quantitative estimate of drug-likeness (QED) is 0.394. The molecular formula is C13H13ClN2O2S. The second-order valence-corrected chi connectivity index (χ2v) is 5.38. The normalized spacial score (nSPS) is 10.5. The maximum absolute atomic E-state index is 11.4. The van der Waals surface area contributed by atoms with Gasteiger partial charge in [0.2, 0.25) is 0 Å². The number of carbonyl (C=O) groups excluding carboxylic acids is 1. The maximum atomic E-state index is 11.4. The van der Waals surface area contributed by atoms with E-state index in [9.17, 15) is 4.79 Å².